The third-order valence-corrected chi connectivity index (χ3v) is 6.13. The molecule has 182 valence electrons. The maximum atomic E-state index is 12.5. The minimum atomic E-state index is -3.81. The van der Waals surface area contributed by atoms with Crippen LogP contribution in [0.5, 0.6) is 5.75 Å². The topological polar surface area (TPSA) is 144 Å². The predicted molar refractivity (Wildman–Crippen MR) is 127 cm³/mol. The van der Waals surface area contributed by atoms with Gasteiger partial charge in [0, 0.05) is 36.5 Å². The Bertz CT molecular complexity index is 1180. The molecule has 0 bridgehead atoms. The number of ether oxygens (including phenoxy) is 2. The fourth-order valence-electron chi connectivity index (χ4n) is 3.41. The van der Waals surface area contributed by atoms with Crippen molar-refractivity contribution in [3.05, 3.63) is 58.1 Å². The van der Waals surface area contributed by atoms with Crippen LogP contribution in [0.25, 0.3) is 0 Å². The number of hydrazone groups is 1. The number of methoxy groups -OCH3 is 1. The molecule has 1 amide bonds. The van der Waals surface area contributed by atoms with E-state index >= 15 is 0 Å². The van der Waals surface area contributed by atoms with Crippen LogP contribution in [0.2, 0.25) is 0 Å². The van der Waals surface area contributed by atoms with Gasteiger partial charge in [-0.15, -0.1) is 0 Å². The summed E-state index contributed by atoms with van der Waals surface area (Å²) in [7, 11) is -2.41. The lowest BCUT2D eigenvalue weighted by Crippen LogP contribution is -2.39. The molecule has 0 saturated carbocycles. The molecule has 2 aromatic carbocycles. The number of nitrogens with zero attached hydrogens (tertiary/aromatic N) is 4. The highest BCUT2D eigenvalue weighted by Crippen LogP contribution is 2.29. The van der Waals surface area contributed by atoms with Gasteiger partial charge in [0.25, 0.3) is 11.6 Å². The summed E-state index contributed by atoms with van der Waals surface area (Å²) in [6, 6.07) is 10.8. The van der Waals surface area contributed by atoms with Crippen molar-refractivity contribution in [2.24, 2.45) is 5.10 Å². The summed E-state index contributed by atoms with van der Waals surface area (Å²) in [5.74, 6) is -0.415. The van der Waals surface area contributed by atoms with Gasteiger partial charge in [-0.1, -0.05) is 12.1 Å². The first-order valence-electron chi connectivity index (χ1n) is 10.2. The first kappa shape index (κ1) is 24.9. The number of carbonyl (C=O) groups is 1. The van der Waals surface area contributed by atoms with Crippen LogP contribution < -0.4 is 19.4 Å². The van der Waals surface area contributed by atoms with E-state index in [-0.39, 0.29) is 17.1 Å². The summed E-state index contributed by atoms with van der Waals surface area (Å²) < 4.78 is 36.1. The molecule has 34 heavy (non-hydrogen) atoms. The van der Waals surface area contributed by atoms with Crippen LogP contribution in [0.1, 0.15) is 5.56 Å². The monoisotopic (exact) mass is 491 g/mol. The second-order valence-electron chi connectivity index (χ2n) is 7.33. The highest BCUT2D eigenvalue weighted by molar-refractivity contribution is 7.92. The third kappa shape index (κ3) is 6.20. The zero-order chi connectivity index (χ0) is 24.7. The van der Waals surface area contributed by atoms with Crippen LogP contribution in [0.15, 0.2) is 47.6 Å². The second-order valence-corrected chi connectivity index (χ2v) is 9.24. The molecule has 3 rings (SSSR count). The molecule has 0 radical (unpaired) electrons. The van der Waals surface area contributed by atoms with E-state index in [9.17, 15) is 23.3 Å². The number of hydrogen-bond acceptors (Lipinski definition) is 9. The highest BCUT2D eigenvalue weighted by Gasteiger charge is 2.24. The van der Waals surface area contributed by atoms with Gasteiger partial charge < -0.3 is 14.4 Å². The summed E-state index contributed by atoms with van der Waals surface area (Å²) >= 11 is 0. The second kappa shape index (κ2) is 10.9. The number of benzene rings is 2. The Balaban J connectivity index is 1.79. The van der Waals surface area contributed by atoms with Crippen LogP contribution in [0.3, 0.4) is 0 Å². The minimum Gasteiger partial charge on any atom is -0.495 e. The molecule has 1 fully saturated rings. The Labute approximate surface area is 197 Å². The number of carbonyl (C=O) groups excluding carboxylic acids is 1. The highest BCUT2D eigenvalue weighted by atomic mass is 32.2. The number of rotatable bonds is 9. The summed E-state index contributed by atoms with van der Waals surface area (Å²) in [4.78, 5) is 25.2. The van der Waals surface area contributed by atoms with Gasteiger partial charge in [-0.2, -0.15) is 5.10 Å². The van der Waals surface area contributed by atoms with E-state index in [2.05, 4.69) is 10.5 Å². The molecule has 0 spiro atoms. The first-order chi connectivity index (χ1) is 16.2. The largest absolute Gasteiger partial charge is 0.495 e. The van der Waals surface area contributed by atoms with E-state index in [1.807, 2.05) is 4.90 Å². The minimum absolute atomic E-state index is 0.121. The Morgan fingerprint density at radius 3 is 2.65 bits per heavy atom. The number of para-hydroxylation sites is 2. The molecular formula is C21H25N5O7S. The number of morpholine rings is 1. The van der Waals surface area contributed by atoms with Crippen LogP contribution in [0.4, 0.5) is 17.1 Å². The van der Waals surface area contributed by atoms with Crippen LogP contribution in [-0.2, 0) is 19.6 Å². The van der Waals surface area contributed by atoms with Crippen molar-refractivity contribution < 1.29 is 27.6 Å². The summed E-state index contributed by atoms with van der Waals surface area (Å²) in [6.45, 7) is 1.71. The molecule has 12 nitrogen and oxygen atoms in total. The smallest absolute Gasteiger partial charge is 0.270 e. The number of sulfonamides is 1. The number of anilines is 2. The predicted octanol–water partition coefficient (Wildman–Crippen LogP) is 1.36. The lowest BCUT2D eigenvalue weighted by atomic mass is 10.1. The average molecular weight is 492 g/mol. The Morgan fingerprint density at radius 1 is 1.29 bits per heavy atom. The lowest BCUT2D eigenvalue weighted by Gasteiger charge is -2.29. The first-order valence-corrected chi connectivity index (χ1v) is 12.1. The normalized spacial score (nSPS) is 14.1. The standard InChI is InChI=1S/C21H25N5O7S/c1-32-20-6-4-3-5-19(20)25(34(2,30)31)15-21(27)23-22-14-16-13-17(26(28)29)7-8-18(16)24-9-11-33-12-10-24/h3-8,13-14H,9-12,15H2,1-2H3,(H,23,27)/b22-14+. The molecule has 1 aliphatic heterocycles. The van der Waals surface area contributed by atoms with E-state index < -0.39 is 27.4 Å². The van der Waals surface area contributed by atoms with Crippen molar-refractivity contribution >= 4 is 39.2 Å². The molecule has 1 aliphatic rings. The van der Waals surface area contributed by atoms with E-state index in [0.717, 1.165) is 10.6 Å². The zero-order valence-corrected chi connectivity index (χ0v) is 19.5. The number of amides is 1. The molecule has 0 unspecified atom stereocenters. The number of hydrogen-bond donors (Lipinski definition) is 1. The molecule has 0 aliphatic carbocycles. The molecule has 13 heteroatoms. The molecule has 0 aromatic heterocycles. The maximum Gasteiger partial charge on any atom is 0.270 e. The van der Waals surface area contributed by atoms with Gasteiger partial charge in [0.1, 0.15) is 12.3 Å². The number of non-ortho nitro benzene ring substituents is 1. The van der Waals surface area contributed by atoms with Crippen molar-refractivity contribution in [1.29, 1.82) is 0 Å². The van der Waals surface area contributed by atoms with Crippen LogP contribution in [0, 0.1) is 10.1 Å². The van der Waals surface area contributed by atoms with Gasteiger partial charge in [0.05, 0.1) is 43.4 Å². The molecule has 2 aromatic rings. The fourth-order valence-corrected chi connectivity index (χ4v) is 4.27. The van der Waals surface area contributed by atoms with Crippen molar-refractivity contribution in [2.75, 3.05) is 55.4 Å². The van der Waals surface area contributed by atoms with E-state index in [4.69, 9.17) is 9.47 Å². The quantitative estimate of drug-likeness (QED) is 0.315. The number of nitrogens with one attached hydrogen (secondary N) is 1. The van der Waals surface area contributed by atoms with Gasteiger partial charge in [0.2, 0.25) is 10.0 Å². The summed E-state index contributed by atoms with van der Waals surface area (Å²) in [6.07, 6.45) is 2.28. The van der Waals surface area contributed by atoms with Crippen molar-refractivity contribution in [3.8, 4) is 5.75 Å². The van der Waals surface area contributed by atoms with Gasteiger partial charge in [0.15, 0.2) is 0 Å². The molecule has 0 atom stereocenters. The SMILES string of the molecule is COc1ccccc1N(CC(=O)N/N=C/c1cc([N+](=O)[O-])ccc1N1CCOCC1)S(C)(=O)=O. The number of nitro benzene ring substituents is 1. The van der Waals surface area contributed by atoms with Crippen LogP contribution in [-0.4, -0.2) is 71.7 Å². The van der Waals surface area contributed by atoms with Crippen molar-refractivity contribution in [3.63, 3.8) is 0 Å². The number of nitro groups is 1. The third-order valence-electron chi connectivity index (χ3n) is 5.01. The van der Waals surface area contributed by atoms with Gasteiger partial charge in [-0.3, -0.25) is 19.2 Å². The fraction of sp³-hybridized carbons (Fsp3) is 0.333. The Hall–Kier alpha value is -3.71. The Kier molecular flexibility index (Phi) is 8.02. The van der Waals surface area contributed by atoms with E-state index in [1.165, 1.54) is 31.5 Å². The zero-order valence-electron chi connectivity index (χ0n) is 18.7. The average Bonchev–Trinajstić information content (AvgIpc) is 2.82. The molecule has 1 saturated heterocycles. The van der Waals surface area contributed by atoms with E-state index in [0.29, 0.717) is 37.6 Å². The van der Waals surface area contributed by atoms with Crippen molar-refractivity contribution in [2.45, 2.75) is 0 Å². The Morgan fingerprint density at radius 2 is 2.00 bits per heavy atom. The van der Waals surface area contributed by atoms with Crippen molar-refractivity contribution in [1.82, 2.24) is 5.43 Å². The summed E-state index contributed by atoms with van der Waals surface area (Å²) in [5, 5.41) is 15.1. The van der Waals surface area contributed by atoms with Gasteiger partial charge in [-0.25, -0.2) is 13.8 Å². The van der Waals surface area contributed by atoms with Gasteiger partial charge >= 0.3 is 0 Å². The maximum absolute atomic E-state index is 12.5. The van der Waals surface area contributed by atoms with E-state index in [1.54, 1.807) is 24.3 Å². The lowest BCUT2D eigenvalue weighted by molar-refractivity contribution is -0.384. The van der Waals surface area contributed by atoms with Crippen LogP contribution >= 0.6 is 0 Å². The summed E-state index contributed by atoms with van der Waals surface area (Å²) in [5.41, 5.74) is 3.52. The molecule has 1 N–H and O–H groups in total. The molecule has 1 heterocycles. The van der Waals surface area contributed by atoms with Gasteiger partial charge in [-0.05, 0) is 18.2 Å². The molecular weight excluding hydrogens is 466 g/mol.